The van der Waals surface area contributed by atoms with E-state index in [4.69, 9.17) is 0 Å². The molecule has 0 saturated carbocycles. The number of aryl methyl sites for hydroxylation is 1. The molecule has 6 heteroatoms. The second-order valence-corrected chi connectivity index (χ2v) is 9.25. The van der Waals surface area contributed by atoms with Gasteiger partial charge in [-0.3, -0.25) is 10.1 Å². The Morgan fingerprint density at radius 1 is 0.703 bits per heavy atom. The van der Waals surface area contributed by atoms with E-state index in [1.165, 1.54) is 0 Å². The Morgan fingerprint density at radius 2 is 1.16 bits per heavy atom. The maximum absolute atomic E-state index is 13.9. The summed E-state index contributed by atoms with van der Waals surface area (Å²) >= 11 is 0. The van der Waals surface area contributed by atoms with Gasteiger partial charge in [0, 0.05) is 5.69 Å². The highest BCUT2D eigenvalue weighted by molar-refractivity contribution is 5.99. The Labute approximate surface area is 214 Å². The van der Waals surface area contributed by atoms with Crippen molar-refractivity contribution in [2.45, 2.75) is 30.6 Å². The Bertz CT molecular complexity index is 1240. The first kappa shape index (κ1) is 24.8. The molecule has 5 rings (SSSR count). The lowest BCUT2D eigenvalue weighted by Crippen LogP contribution is -2.56. The highest BCUT2D eigenvalue weighted by atomic mass is 19.4. The number of nitrogens with zero attached hydrogens (tertiary/aromatic N) is 1. The van der Waals surface area contributed by atoms with Gasteiger partial charge in [0.2, 0.25) is 5.91 Å². The number of alkyl halides is 3. The molecule has 0 aromatic heterocycles. The number of fused-ring (bicyclic) bond motifs is 1. The van der Waals surface area contributed by atoms with Gasteiger partial charge in [-0.05, 0) is 41.2 Å². The molecule has 4 aromatic carbocycles. The molecule has 37 heavy (non-hydrogen) atoms. The molecule has 188 valence electrons. The zero-order chi connectivity index (χ0) is 25.9. The van der Waals surface area contributed by atoms with Gasteiger partial charge in [0.1, 0.15) is 6.54 Å². The third-order valence-corrected chi connectivity index (χ3v) is 6.90. The average Bonchev–Trinajstić information content (AvgIpc) is 3.04. The van der Waals surface area contributed by atoms with E-state index >= 15 is 0 Å². The number of hydrogen-bond acceptors (Lipinski definition) is 2. The molecule has 0 saturated heterocycles. The Morgan fingerprint density at radius 3 is 1.65 bits per heavy atom. The monoisotopic (exact) mass is 500 g/mol. The smallest absolute Gasteiger partial charge is 0.302 e. The van der Waals surface area contributed by atoms with Gasteiger partial charge in [0.25, 0.3) is 0 Å². The van der Waals surface area contributed by atoms with Crippen molar-refractivity contribution in [3.8, 4) is 0 Å². The lowest BCUT2D eigenvalue weighted by Gasteiger charge is -2.40. The molecule has 1 atom stereocenters. The van der Waals surface area contributed by atoms with Crippen LogP contribution < -0.4 is 10.2 Å². The third-order valence-electron chi connectivity index (χ3n) is 6.90. The first-order valence-corrected chi connectivity index (χ1v) is 12.3. The minimum Gasteiger partial charge on any atom is -0.302 e. The van der Waals surface area contributed by atoms with E-state index in [-0.39, 0.29) is 0 Å². The van der Waals surface area contributed by atoms with Crippen molar-refractivity contribution in [1.29, 1.82) is 0 Å². The normalized spacial score (nSPS) is 16.2. The van der Waals surface area contributed by atoms with Crippen LogP contribution in [0.4, 0.5) is 18.9 Å². The van der Waals surface area contributed by atoms with Crippen molar-refractivity contribution in [3.05, 3.63) is 138 Å². The molecule has 1 aliphatic heterocycles. The Balaban J connectivity index is 1.67. The van der Waals surface area contributed by atoms with Gasteiger partial charge in [0.05, 0.1) is 11.6 Å². The average molecular weight is 501 g/mol. The van der Waals surface area contributed by atoms with Crippen molar-refractivity contribution in [2.75, 3.05) is 11.4 Å². The molecule has 4 aromatic rings. The van der Waals surface area contributed by atoms with Crippen LogP contribution >= 0.6 is 0 Å². The van der Waals surface area contributed by atoms with E-state index in [1.54, 1.807) is 24.3 Å². The van der Waals surface area contributed by atoms with Gasteiger partial charge in [-0.15, -0.1) is 0 Å². The summed E-state index contributed by atoms with van der Waals surface area (Å²) in [5.74, 6) is -0.588. The molecule has 1 aliphatic rings. The third kappa shape index (κ3) is 5.02. The molecule has 0 radical (unpaired) electrons. The van der Waals surface area contributed by atoms with E-state index in [0.717, 1.165) is 27.2 Å². The minimum atomic E-state index is -4.53. The lowest BCUT2D eigenvalue weighted by atomic mass is 9.76. The number of anilines is 1. The zero-order valence-corrected chi connectivity index (χ0v) is 20.2. The van der Waals surface area contributed by atoms with Crippen LogP contribution in [0.15, 0.2) is 115 Å². The Kier molecular flexibility index (Phi) is 6.85. The van der Waals surface area contributed by atoms with Crippen molar-refractivity contribution in [2.24, 2.45) is 0 Å². The van der Waals surface area contributed by atoms with Crippen LogP contribution in [0.3, 0.4) is 0 Å². The summed E-state index contributed by atoms with van der Waals surface area (Å²) in [6, 6.07) is 35.2. The van der Waals surface area contributed by atoms with Gasteiger partial charge >= 0.3 is 6.18 Å². The number of benzene rings is 4. The van der Waals surface area contributed by atoms with Crippen LogP contribution in [-0.2, 0) is 16.8 Å². The lowest BCUT2D eigenvalue weighted by molar-refractivity contribution is -0.133. The second kappa shape index (κ2) is 10.2. The van der Waals surface area contributed by atoms with Gasteiger partial charge in [-0.2, -0.15) is 13.2 Å². The molecule has 0 bridgehead atoms. The van der Waals surface area contributed by atoms with Gasteiger partial charge in [-0.1, -0.05) is 109 Å². The summed E-state index contributed by atoms with van der Waals surface area (Å²) in [5.41, 5.74) is 2.76. The first-order valence-electron chi connectivity index (χ1n) is 12.3. The number of carbonyl (C=O) groups is 1. The van der Waals surface area contributed by atoms with Gasteiger partial charge in [-0.25, -0.2) is 0 Å². The SMILES string of the molecule is O=C1[C@H](NC(c2ccccc2)(c2ccccc2)c2ccccc2)CCc2ccccc2N1CC(F)(F)F. The maximum atomic E-state index is 13.9. The van der Waals surface area contributed by atoms with E-state index in [2.05, 4.69) is 5.32 Å². The Hall–Kier alpha value is -3.90. The molecule has 1 heterocycles. The molecule has 0 fully saturated rings. The van der Waals surface area contributed by atoms with Crippen molar-refractivity contribution in [3.63, 3.8) is 0 Å². The van der Waals surface area contributed by atoms with E-state index < -0.39 is 30.2 Å². The highest BCUT2D eigenvalue weighted by Crippen LogP contribution is 2.39. The van der Waals surface area contributed by atoms with Gasteiger partial charge < -0.3 is 4.90 Å². The number of halogens is 3. The number of carbonyl (C=O) groups excluding carboxylic acids is 1. The number of para-hydroxylation sites is 1. The largest absolute Gasteiger partial charge is 0.406 e. The number of nitrogens with one attached hydrogen (secondary N) is 1. The first-order chi connectivity index (χ1) is 17.9. The van der Waals surface area contributed by atoms with E-state index in [0.29, 0.717) is 18.5 Å². The van der Waals surface area contributed by atoms with Crippen molar-refractivity contribution >= 4 is 11.6 Å². The quantitative estimate of drug-likeness (QED) is 0.308. The predicted molar refractivity (Wildman–Crippen MR) is 139 cm³/mol. The number of rotatable bonds is 6. The van der Waals surface area contributed by atoms with Crippen molar-refractivity contribution in [1.82, 2.24) is 5.32 Å². The fourth-order valence-electron chi connectivity index (χ4n) is 5.27. The molecule has 3 nitrogen and oxygen atoms in total. The van der Waals surface area contributed by atoms with Crippen LogP contribution in [0, 0.1) is 0 Å². The van der Waals surface area contributed by atoms with Crippen LogP contribution in [0.5, 0.6) is 0 Å². The highest BCUT2D eigenvalue weighted by Gasteiger charge is 2.43. The summed E-state index contributed by atoms with van der Waals surface area (Å²) in [4.78, 5) is 14.8. The molecular weight excluding hydrogens is 473 g/mol. The fraction of sp³-hybridized carbons (Fsp3) is 0.194. The van der Waals surface area contributed by atoms with Crippen LogP contribution in [-0.4, -0.2) is 24.7 Å². The zero-order valence-electron chi connectivity index (χ0n) is 20.2. The van der Waals surface area contributed by atoms with Crippen LogP contribution in [0.1, 0.15) is 28.7 Å². The summed E-state index contributed by atoms with van der Waals surface area (Å²) in [5, 5.41) is 3.60. The standard InChI is InChI=1S/C31H27F3N2O/c32-30(33,34)22-36-28-19-11-10-12-23(28)20-21-27(29(36)37)35-31(24-13-4-1-5-14-24,25-15-6-2-7-16-25)26-17-8-3-9-18-26/h1-19,27,35H,20-22H2/t27-/m1/s1. The van der Waals surface area contributed by atoms with Gasteiger partial charge in [0.15, 0.2) is 0 Å². The fourth-order valence-corrected chi connectivity index (χ4v) is 5.27. The van der Waals surface area contributed by atoms with Crippen molar-refractivity contribution < 1.29 is 18.0 Å². The predicted octanol–water partition coefficient (Wildman–Crippen LogP) is 6.48. The molecule has 1 N–H and O–H groups in total. The molecule has 0 aliphatic carbocycles. The molecule has 0 unspecified atom stereocenters. The van der Waals surface area contributed by atoms with E-state index in [1.807, 2.05) is 91.0 Å². The van der Waals surface area contributed by atoms with Crippen LogP contribution in [0.25, 0.3) is 0 Å². The molecule has 1 amide bonds. The number of amides is 1. The van der Waals surface area contributed by atoms with Crippen LogP contribution in [0.2, 0.25) is 0 Å². The summed E-state index contributed by atoms with van der Waals surface area (Å²) in [7, 11) is 0. The summed E-state index contributed by atoms with van der Waals surface area (Å²) < 4.78 is 41.1. The molecular formula is C31H27F3N2O. The topological polar surface area (TPSA) is 32.3 Å². The van der Waals surface area contributed by atoms with E-state index in [9.17, 15) is 18.0 Å². The second-order valence-electron chi connectivity index (χ2n) is 9.25. The minimum absolute atomic E-state index is 0.318. The summed E-state index contributed by atoms with van der Waals surface area (Å²) in [6.45, 7) is -1.34. The number of hydrogen-bond donors (Lipinski definition) is 1. The summed E-state index contributed by atoms with van der Waals surface area (Å²) in [6.07, 6.45) is -3.70. The maximum Gasteiger partial charge on any atom is 0.406 e. The molecule has 0 spiro atoms.